The van der Waals surface area contributed by atoms with E-state index in [4.69, 9.17) is 19.2 Å². The van der Waals surface area contributed by atoms with E-state index in [1.807, 2.05) is 81.4 Å². The minimum atomic E-state index is -2.98. The Morgan fingerprint density at radius 2 is 1.49 bits per heavy atom. The van der Waals surface area contributed by atoms with Gasteiger partial charge in [0.05, 0.1) is 0 Å². The van der Waals surface area contributed by atoms with Crippen LogP contribution in [-0.2, 0) is 27.3 Å². The second kappa shape index (κ2) is 12.9. The van der Waals surface area contributed by atoms with Crippen molar-refractivity contribution in [2.45, 2.75) is 58.3 Å². The van der Waals surface area contributed by atoms with E-state index in [9.17, 15) is 14.2 Å². The van der Waals surface area contributed by atoms with Crippen molar-refractivity contribution < 1.29 is 28.4 Å². The van der Waals surface area contributed by atoms with Crippen LogP contribution in [0.2, 0.25) is 0 Å². The van der Waals surface area contributed by atoms with Crippen molar-refractivity contribution in [3.8, 4) is 5.75 Å². The summed E-state index contributed by atoms with van der Waals surface area (Å²) in [5.41, 5.74) is 2.31. The van der Waals surface area contributed by atoms with Crippen molar-refractivity contribution in [1.29, 1.82) is 0 Å². The number of pyridine rings is 1. The highest BCUT2D eigenvalue weighted by molar-refractivity contribution is 7.70. The monoisotopic (exact) mass is 578 g/mol. The van der Waals surface area contributed by atoms with Gasteiger partial charge in [0.15, 0.2) is 5.75 Å². The Bertz CT molecular complexity index is 1390. The quantitative estimate of drug-likeness (QED) is 0.226. The van der Waals surface area contributed by atoms with Crippen LogP contribution in [0.4, 0.5) is 4.79 Å². The Labute approximate surface area is 242 Å². The number of carbonyl (C=O) groups excluding carboxylic acids is 2. The molecule has 2 aromatic carbocycles. The summed E-state index contributed by atoms with van der Waals surface area (Å²) in [6.45, 7) is 10.0. The lowest BCUT2D eigenvalue weighted by atomic mass is 9.92. The summed E-state index contributed by atoms with van der Waals surface area (Å²) >= 11 is 0. The first kappa shape index (κ1) is 30.3. The Morgan fingerprint density at radius 1 is 0.927 bits per heavy atom. The molecule has 8 nitrogen and oxygen atoms in total. The van der Waals surface area contributed by atoms with E-state index in [1.54, 1.807) is 24.3 Å². The number of amides is 1. The molecule has 0 radical (unpaired) electrons. The summed E-state index contributed by atoms with van der Waals surface area (Å²) < 4.78 is 31.0. The standard InChI is InChI=1S/C32H39N2O6P/c1-32(2,3)40-31(36)34-18-16-25(17-19-34)27-20-26(30(35)39-22-24-14-10-7-11-15-24)28(29(33-27)41(4,5)37)38-21-23-12-8-6-9-13-23/h6-15,20,25H,16-19,21-22H2,1-5H3. The van der Waals surface area contributed by atoms with Gasteiger partial charge in [-0.05, 0) is 64.1 Å². The van der Waals surface area contributed by atoms with Gasteiger partial charge in [0, 0.05) is 24.7 Å². The van der Waals surface area contributed by atoms with Gasteiger partial charge >= 0.3 is 12.1 Å². The maximum atomic E-state index is 13.5. The van der Waals surface area contributed by atoms with Crippen molar-refractivity contribution in [2.75, 3.05) is 26.4 Å². The SMILES string of the molecule is CC(C)(C)OC(=O)N1CCC(c2cc(C(=O)OCc3ccccc3)c(OCc3ccccc3)c(P(C)(C)=O)n2)CC1. The lowest BCUT2D eigenvalue weighted by Crippen LogP contribution is -2.41. The molecule has 41 heavy (non-hydrogen) atoms. The van der Waals surface area contributed by atoms with Gasteiger partial charge in [-0.2, -0.15) is 0 Å². The number of hydrogen-bond donors (Lipinski definition) is 0. The number of hydrogen-bond acceptors (Lipinski definition) is 7. The van der Waals surface area contributed by atoms with Gasteiger partial charge < -0.3 is 23.7 Å². The van der Waals surface area contributed by atoms with E-state index < -0.39 is 18.7 Å². The number of ether oxygens (including phenoxy) is 3. The first-order chi connectivity index (χ1) is 19.4. The predicted octanol–water partition coefficient (Wildman–Crippen LogP) is 6.38. The largest absolute Gasteiger partial charge is 0.486 e. The maximum Gasteiger partial charge on any atom is 0.410 e. The Morgan fingerprint density at radius 3 is 2.02 bits per heavy atom. The summed E-state index contributed by atoms with van der Waals surface area (Å²) in [6, 6.07) is 20.7. The lowest BCUT2D eigenvalue weighted by Gasteiger charge is -2.33. The molecule has 3 aromatic rings. The van der Waals surface area contributed by atoms with Gasteiger partial charge in [0.2, 0.25) is 0 Å². The minimum Gasteiger partial charge on any atom is -0.486 e. The van der Waals surface area contributed by atoms with Crippen molar-refractivity contribution in [3.63, 3.8) is 0 Å². The van der Waals surface area contributed by atoms with Gasteiger partial charge in [-0.1, -0.05) is 60.7 Å². The van der Waals surface area contributed by atoms with Crippen LogP contribution in [0.15, 0.2) is 66.7 Å². The molecule has 1 aliphatic rings. The van der Waals surface area contributed by atoms with E-state index >= 15 is 0 Å². The van der Waals surface area contributed by atoms with Crippen molar-refractivity contribution in [3.05, 3.63) is 89.1 Å². The molecule has 218 valence electrons. The van der Waals surface area contributed by atoms with Crippen molar-refractivity contribution in [1.82, 2.24) is 9.88 Å². The first-order valence-electron chi connectivity index (χ1n) is 13.9. The fourth-order valence-electron chi connectivity index (χ4n) is 4.62. The average Bonchev–Trinajstić information content (AvgIpc) is 2.94. The lowest BCUT2D eigenvalue weighted by molar-refractivity contribution is 0.0204. The Balaban J connectivity index is 1.64. The predicted molar refractivity (Wildman–Crippen MR) is 159 cm³/mol. The summed E-state index contributed by atoms with van der Waals surface area (Å²) in [6.07, 6.45) is 0.921. The van der Waals surface area contributed by atoms with Gasteiger partial charge in [0.1, 0.15) is 37.0 Å². The molecular formula is C32H39N2O6P. The first-order valence-corrected chi connectivity index (χ1v) is 16.5. The molecule has 2 heterocycles. The van der Waals surface area contributed by atoms with E-state index in [1.165, 1.54) is 0 Å². The molecule has 0 N–H and O–H groups in total. The number of likely N-dealkylation sites (tertiary alicyclic amines) is 1. The number of aromatic nitrogens is 1. The highest BCUT2D eigenvalue weighted by Crippen LogP contribution is 2.41. The fraction of sp³-hybridized carbons (Fsp3) is 0.406. The normalized spacial score (nSPS) is 14.4. The molecular weight excluding hydrogens is 539 g/mol. The van der Waals surface area contributed by atoms with Crippen molar-refractivity contribution in [2.24, 2.45) is 0 Å². The third-order valence-corrected chi connectivity index (χ3v) is 8.03. The molecule has 1 aromatic heterocycles. The zero-order valence-corrected chi connectivity index (χ0v) is 25.4. The van der Waals surface area contributed by atoms with Crippen molar-refractivity contribution >= 4 is 24.6 Å². The highest BCUT2D eigenvalue weighted by Gasteiger charge is 2.32. The Hall–Kier alpha value is -3.64. The number of nitrogens with zero attached hydrogens (tertiary/aromatic N) is 2. The number of esters is 1. The molecule has 0 spiro atoms. The summed E-state index contributed by atoms with van der Waals surface area (Å²) in [5.74, 6) is -0.417. The van der Waals surface area contributed by atoms with Crippen LogP contribution in [0.1, 0.15) is 66.7 Å². The molecule has 0 atom stereocenters. The number of carbonyl (C=O) groups is 2. The van der Waals surface area contributed by atoms with Crippen LogP contribution < -0.4 is 10.2 Å². The number of piperidine rings is 1. The van der Waals surface area contributed by atoms with Crippen LogP contribution in [-0.4, -0.2) is 54.0 Å². The molecule has 1 fully saturated rings. The van der Waals surface area contributed by atoms with Crippen LogP contribution >= 0.6 is 7.14 Å². The third-order valence-electron chi connectivity index (χ3n) is 6.71. The van der Waals surface area contributed by atoms with E-state index in [-0.39, 0.29) is 42.0 Å². The third kappa shape index (κ3) is 8.43. The Kier molecular flexibility index (Phi) is 9.54. The summed E-state index contributed by atoms with van der Waals surface area (Å²) in [4.78, 5) is 32.7. The van der Waals surface area contributed by atoms with Gasteiger partial charge in [-0.25, -0.2) is 14.6 Å². The molecule has 0 aliphatic carbocycles. The smallest absolute Gasteiger partial charge is 0.410 e. The number of rotatable bonds is 8. The van der Waals surface area contributed by atoms with Gasteiger partial charge in [0.25, 0.3) is 0 Å². The molecule has 4 rings (SSSR count). The van der Waals surface area contributed by atoms with Crippen LogP contribution in [0.5, 0.6) is 5.75 Å². The fourth-order valence-corrected chi connectivity index (χ4v) is 5.65. The molecule has 0 unspecified atom stereocenters. The molecule has 1 amide bonds. The second-order valence-electron chi connectivity index (χ2n) is 11.7. The van der Waals surface area contributed by atoms with Gasteiger partial charge in [-0.15, -0.1) is 0 Å². The second-order valence-corrected chi connectivity index (χ2v) is 14.8. The highest BCUT2D eigenvalue weighted by atomic mass is 31.2. The van der Waals surface area contributed by atoms with E-state index in [2.05, 4.69) is 0 Å². The van der Waals surface area contributed by atoms with E-state index in [0.29, 0.717) is 31.6 Å². The molecule has 1 saturated heterocycles. The van der Waals surface area contributed by atoms with Crippen LogP contribution in [0.3, 0.4) is 0 Å². The van der Waals surface area contributed by atoms with Gasteiger partial charge in [-0.3, -0.25) is 0 Å². The summed E-state index contributed by atoms with van der Waals surface area (Å²) in [7, 11) is -2.98. The molecule has 0 bridgehead atoms. The number of benzene rings is 2. The van der Waals surface area contributed by atoms with Crippen LogP contribution in [0, 0.1) is 0 Å². The zero-order chi connectivity index (χ0) is 29.6. The molecule has 1 aliphatic heterocycles. The van der Waals surface area contributed by atoms with Crippen LogP contribution in [0.25, 0.3) is 0 Å². The van der Waals surface area contributed by atoms with E-state index in [0.717, 1.165) is 11.1 Å². The summed E-state index contributed by atoms with van der Waals surface area (Å²) in [5, 5.41) is 0. The average molecular weight is 579 g/mol. The molecule has 0 saturated carbocycles. The zero-order valence-electron chi connectivity index (χ0n) is 24.5. The molecule has 9 heteroatoms. The topological polar surface area (TPSA) is 95.0 Å². The minimum absolute atomic E-state index is 0.0390. The maximum absolute atomic E-state index is 13.5.